The Bertz CT molecular complexity index is 969. The quantitative estimate of drug-likeness (QED) is 0.754. The summed E-state index contributed by atoms with van der Waals surface area (Å²) in [4.78, 5) is 35.1. The van der Waals surface area contributed by atoms with Gasteiger partial charge in [0.1, 0.15) is 0 Å². The molecule has 1 atom stereocenters. The summed E-state index contributed by atoms with van der Waals surface area (Å²) in [5, 5.41) is 5.25. The highest BCUT2D eigenvalue weighted by Gasteiger charge is 2.35. The summed E-state index contributed by atoms with van der Waals surface area (Å²) in [6, 6.07) is 11.5. The lowest BCUT2D eigenvalue weighted by Gasteiger charge is -2.16. The smallest absolute Gasteiger partial charge is 0.231 e. The number of amides is 2. The molecule has 0 aliphatic carbocycles. The first-order valence-electron chi connectivity index (χ1n) is 8.64. The Labute approximate surface area is 160 Å². The minimum atomic E-state index is -0.385. The van der Waals surface area contributed by atoms with Gasteiger partial charge in [-0.2, -0.15) is 0 Å². The van der Waals surface area contributed by atoms with Crippen LogP contribution in [0.5, 0.6) is 0 Å². The first-order chi connectivity index (χ1) is 13.1. The summed E-state index contributed by atoms with van der Waals surface area (Å²) in [6.45, 7) is 2.38. The Kier molecular flexibility index (Phi) is 4.68. The van der Waals surface area contributed by atoms with E-state index in [1.807, 2.05) is 48.7 Å². The van der Waals surface area contributed by atoms with Crippen LogP contribution in [-0.2, 0) is 9.59 Å². The van der Waals surface area contributed by atoms with Crippen molar-refractivity contribution in [1.29, 1.82) is 0 Å². The van der Waals surface area contributed by atoms with Crippen molar-refractivity contribution in [2.75, 3.05) is 16.8 Å². The van der Waals surface area contributed by atoms with E-state index in [1.165, 1.54) is 11.3 Å². The summed E-state index contributed by atoms with van der Waals surface area (Å²) in [5.74, 6) is -0.594. The van der Waals surface area contributed by atoms with Crippen LogP contribution in [0, 0.1) is 12.8 Å². The number of hydrogen-bond donors (Lipinski definition) is 1. The van der Waals surface area contributed by atoms with Crippen molar-refractivity contribution in [3.05, 3.63) is 59.7 Å². The van der Waals surface area contributed by atoms with Gasteiger partial charge in [0.05, 0.1) is 11.6 Å². The van der Waals surface area contributed by atoms with Gasteiger partial charge in [-0.3, -0.25) is 14.6 Å². The maximum Gasteiger partial charge on any atom is 0.231 e. The lowest BCUT2D eigenvalue weighted by Crippen LogP contribution is -2.28. The molecule has 0 bridgehead atoms. The minimum absolute atomic E-state index is 0.0332. The summed E-state index contributed by atoms with van der Waals surface area (Å²) in [7, 11) is 0. The molecule has 1 unspecified atom stereocenters. The molecule has 27 heavy (non-hydrogen) atoms. The highest BCUT2D eigenvalue weighted by Crippen LogP contribution is 2.28. The van der Waals surface area contributed by atoms with Gasteiger partial charge >= 0.3 is 0 Å². The van der Waals surface area contributed by atoms with Crippen molar-refractivity contribution in [3.8, 4) is 11.3 Å². The predicted molar refractivity (Wildman–Crippen MR) is 106 cm³/mol. The van der Waals surface area contributed by atoms with Crippen molar-refractivity contribution < 1.29 is 9.59 Å². The van der Waals surface area contributed by atoms with Gasteiger partial charge in [-0.25, -0.2) is 4.98 Å². The fraction of sp³-hybridized carbons (Fsp3) is 0.200. The SMILES string of the molecule is Cc1ccc(N2CC(C(=O)Nc3nc(-c4cccnc4)cs3)CC2=O)cc1. The number of pyridine rings is 1. The second kappa shape index (κ2) is 7.28. The van der Waals surface area contributed by atoms with Gasteiger partial charge in [0.15, 0.2) is 5.13 Å². The number of nitrogens with zero attached hydrogens (tertiary/aromatic N) is 3. The van der Waals surface area contributed by atoms with Crippen LogP contribution in [0.2, 0.25) is 0 Å². The molecule has 1 saturated heterocycles. The van der Waals surface area contributed by atoms with Crippen LogP contribution in [0.4, 0.5) is 10.8 Å². The highest BCUT2D eigenvalue weighted by molar-refractivity contribution is 7.14. The van der Waals surface area contributed by atoms with Crippen LogP contribution in [0.1, 0.15) is 12.0 Å². The van der Waals surface area contributed by atoms with Crippen molar-refractivity contribution in [2.24, 2.45) is 5.92 Å². The maximum absolute atomic E-state index is 12.6. The summed E-state index contributed by atoms with van der Waals surface area (Å²) >= 11 is 1.36. The van der Waals surface area contributed by atoms with Gasteiger partial charge < -0.3 is 10.2 Å². The molecule has 136 valence electrons. The Morgan fingerprint density at radius 3 is 2.81 bits per heavy atom. The number of rotatable bonds is 4. The topological polar surface area (TPSA) is 75.2 Å². The fourth-order valence-corrected chi connectivity index (χ4v) is 3.77. The van der Waals surface area contributed by atoms with E-state index in [9.17, 15) is 9.59 Å². The molecule has 0 saturated carbocycles. The van der Waals surface area contributed by atoms with Crippen LogP contribution >= 0.6 is 11.3 Å². The number of anilines is 2. The lowest BCUT2D eigenvalue weighted by atomic mass is 10.1. The first-order valence-corrected chi connectivity index (χ1v) is 9.52. The number of aryl methyl sites for hydroxylation is 1. The maximum atomic E-state index is 12.6. The number of carbonyl (C=O) groups is 2. The van der Waals surface area contributed by atoms with Crippen LogP contribution in [-0.4, -0.2) is 28.3 Å². The third-order valence-corrected chi connectivity index (χ3v) is 5.29. The van der Waals surface area contributed by atoms with E-state index in [1.54, 1.807) is 17.3 Å². The fourth-order valence-electron chi connectivity index (χ4n) is 3.04. The lowest BCUT2D eigenvalue weighted by molar-refractivity contribution is -0.122. The Morgan fingerprint density at radius 2 is 2.07 bits per heavy atom. The molecule has 1 fully saturated rings. The second-order valence-electron chi connectivity index (χ2n) is 6.51. The normalized spacial score (nSPS) is 16.6. The van der Waals surface area contributed by atoms with E-state index >= 15 is 0 Å². The second-order valence-corrected chi connectivity index (χ2v) is 7.37. The molecule has 1 N–H and O–H groups in total. The number of carbonyl (C=O) groups excluding carboxylic acids is 2. The van der Waals surface area contributed by atoms with E-state index in [0.717, 1.165) is 22.5 Å². The standard InChI is InChI=1S/C20H18N4O2S/c1-13-4-6-16(7-5-13)24-11-15(9-18(24)25)19(26)23-20-22-17(12-27-20)14-3-2-8-21-10-14/h2-8,10,12,15H,9,11H2,1H3,(H,22,23,26). The molecule has 1 aromatic carbocycles. The van der Waals surface area contributed by atoms with Crippen molar-refractivity contribution in [1.82, 2.24) is 9.97 Å². The third-order valence-electron chi connectivity index (χ3n) is 4.53. The summed E-state index contributed by atoms with van der Waals surface area (Å²) in [5.41, 5.74) is 3.63. The van der Waals surface area contributed by atoms with Gasteiger partial charge in [-0.05, 0) is 31.2 Å². The van der Waals surface area contributed by atoms with E-state index < -0.39 is 0 Å². The van der Waals surface area contributed by atoms with Crippen molar-refractivity contribution >= 4 is 34.0 Å². The van der Waals surface area contributed by atoms with E-state index in [2.05, 4.69) is 15.3 Å². The van der Waals surface area contributed by atoms with E-state index in [-0.39, 0.29) is 24.2 Å². The largest absolute Gasteiger partial charge is 0.312 e. The number of thiazole rings is 1. The molecule has 6 nitrogen and oxygen atoms in total. The van der Waals surface area contributed by atoms with Crippen LogP contribution < -0.4 is 10.2 Å². The number of hydrogen-bond acceptors (Lipinski definition) is 5. The molecule has 0 spiro atoms. The Balaban J connectivity index is 1.43. The molecule has 3 aromatic rings. The Morgan fingerprint density at radius 1 is 1.26 bits per heavy atom. The molecule has 3 heterocycles. The van der Waals surface area contributed by atoms with Gasteiger partial charge in [0, 0.05) is 42.0 Å². The van der Waals surface area contributed by atoms with Crippen molar-refractivity contribution in [3.63, 3.8) is 0 Å². The monoisotopic (exact) mass is 378 g/mol. The van der Waals surface area contributed by atoms with E-state index in [0.29, 0.717) is 11.7 Å². The molecule has 1 aliphatic rings. The van der Waals surface area contributed by atoms with Crippen molar-refractivity contribution in [2.45, 2.75) is 13.3 Å². The zero-order valence-electron chi connectivity index (χ0n) is 14.8. The number of nitrogens with one attached hydrogen (secondary N) is 1. The highest BCUT2D eigenvalue weighted by atomic mass is 32.1. The van der Waals surface area contributed by atoms with Gasteiger partial charge in [-0.15, -0.1) is 11.3 Å². The molecular weight excluding hydrogens is 360 g/mol. The van der Waals surface area contributed by atoms with Crippen LogP contribution in [0.25, 0.3) is 11.3 Å². The van der Waals surface area contributed by atoms with Gasteiger partial charge in [0.25, 0.3) is 0 Å². The molecular formula is C20H18N4O2S. The minimum Gasteiger partial charge on any atom is -0.312 e. The summed E-state index contributed by atoms with van der Waals surface area (Å²) < 4.78 is 0. The molecule has 1 aliphatic heterocycles. The van der Waals surface area contributed by atoms with Crippen LogP contribution in [0.15, 0.2) is 54.2 Å². The van der Waals surface area contributed by atoms with E-state index in [4.69, 9.17) is 0 Å². The first kappa shape index (κ1) is 17.4. The zero-order valence-corrected chi connectivity index (χ0v) is 15.6. The Hall–Kier alpha value is -3.06. The summed E-state index contributed by atoms with van der Waals surface area (Å²) in [6.07, 6.45) is 3.64. The molecule has 4 rings (SSSR count). The van der Waals surface area contributed by atoms with Gasteiger partial charge in [-0.1, -0.05) is 17.7 Å². The third kappa shape index (κ3) is 3.73. The molecule has 7 heteroatoms. The molecule has 2 amide bonds. The molecule has 0 radical (unpaired) electrons. The average Bonchev–Trinajstić information content (AvgIpc) is 3.30. The predicted octanol–water partition coefficient (Wildman–Crippen LogP) is 3.51. The number of aromatic nitrogens is 2. The average molecular weight is 378 g/mol. The molecule has 2 aromatic heterocycles. The zero-order chi connectivity index (χ0) is 18.8. The number of benzene rings is 1. The van der Waals surface area contributed by atoms with Crippen LogP contribution in [0.3, 0.4) is 0 Å². The van der Waals surface area contributed by atoms with Gasteiger partial charge in [0.2, 0.25) is 11.8 Å².